The Morgan fingerprint density at radius 2 is 2.09 bits per heavy atom. The van der Waals surface area contributed by atoms with Crippen LogP contribution in [0.5, 0.6) is 0 Å². The molecule has 1 heterocycles. The summed E-state index contributed by atoms with van der Waals surface area (Å²) < 4.78 is 5.36. The van der Waals surface area contributed by atoms with Crippen LogP contribution in [0.25, 0.3) is 0 Å². The van der Waals surface area contributed by atoms with Crippen LogP contribution in [-0.2, 0) is 9.53 Å². The van der Waals surface area contributed by atoms with E-state index in [1.54, 1.807) is 6.07 Å². The number of amides is 1. The number of hydrogen-bond acceptors (Lipinski definition) is 4. The topological polar surface area (TPSA) is 44.8 Å². The highest BCUT2D eigenvalue weighted by Crippen LogP contribution is 2.28. The van der Waals surface area contributed by atoms with Gasteiger partial charge in [-0.1, -0.05) is 18.5 Å². The van der Waals surface area contributed by atoms with Crippen molar-refractivity contribution in [3.8, 4) is 0 Å². The third-order valence-electron chi connectivity index (χ3n) is 3.87. The molecule has 5 nitrogen and oxygen atoms in total. The molecule has 0 aromatic heterocycles. The third kappa shape index (κ3) is 4.12. The van der Waals surface area contributed by atoms with Gasteiger partial charge in [-0.05, 0) is 24.6 Å². The van der Waals surface area contributed by atoms with Crippen LogP contribution >= 0.6 is 11.6 Å². The molecular formula is C16H24ClN3O2. The first-order valence-corrected chi connectivity index (χ1v) is 8.00. The Bertz CT molecular complexity index is 516. The second kappa shape index (κ2) is 7.81. The Morgan fingerprint density at radius 1 is 1.41 bits per heavy atom. The molecule has 1 fully saturated rings. The Balaban J connectivity index is 2.14. The zero-order valence-electron chi connectivity index (χ0n) is 13.4. The molecule has 1 aromatic carbocycles. The van der Waals surface area contributed by atoms with E-state index in [1.807, 2.05) is 38.1 Å². The molecule has 1 unspecified atom stereocenters. The number of carbonyl (C=O) groups is 1. The maximum absolute atomic E-state index is 12.7. The van der Waals surface area contributed by atoms with Gasteiger partial charge in [0.25, 0.3) is 0 Å². The lowest BCUT2D eigenvalue weighted by atomic mass is 10.1. The van der Waals surface area contributed by atoms with E-state index < -0.39 is 0 Å². The number of hydrogen-bond donors (Lipinski definition) is 1. The van der Waals surface area contributed by atoms with Crippen LogP contribution in [0.4, 0.5) is 11.4 Å². The van der Waals surface area contributed by atoms with Gasteiger partial charge in [0.05, 0.1) is 30.6 Å². The largest absolute Gasteiger partial charge is 0.379 e. The zero-order valence-corrected chi connectivity index (χ0v) is 14.2. The van der Waals surface area contributed by atoms with E-state index in [1.165, 1.54) is 0 Å². The molecular weight excluding hydrogens is 302 g/mol. The van der Waals surface area contributed by atoms with Gasteiger partial charge in [0.15, 0.2) is 0 Å². The Hall–Kier alpha value is -1.30. The molecule has 1 aromatic rings. The second-order valence-corrected chi connectivity index (χ2v) is 6.05. The number of halogens is 1. The summed E-state index contributed by atoms with van der Waals surface area (Å²) in [5.74, 6) is 0.00904. The number of benzene rings is 1. The number of ether oxygens (including phenoxy) is 1. The van der Waals surface area contributed by atoms with Crippen LogP contribution in [0.2, 0.25) is 5.02 Å². The fourth-order valence-corrected chi connectivity index (χ4v) is 2.89. The zero-order chi connectivity index (χ0) is 16.1. The van der Waals surface area contributed by atoms with Crippen molar-refractivity contribution in [2.45, 2.75) is 19.4 Å². The summed E-state index contributed by atoms with van der Waals surface area (Å²) in [5, 5.41) is 3.64. The fraction of sp³-hybridized carbons (Fsp3) is 0.562. The first-order valence-electron chi connectivity index (χ1n) is 7.62. The molecule has 0 spiro atoms. The first kappa shape index (κ1) is 17.1. The summed E-state index contributed by atoms with van der Waals surface area (Å²) in [7, 11) is 3.89. The Kier molecular flexibility index (Phi) is 6.06. The summed E-state index contributed by atoms with van der Waals surface area (Å²) in [6.45, 7) is 4.99. The Labute approximate surface area is 137 Å². The van der Waals surface area contributed by atoms with Gasteiger partial charge in [-0.15, -0.1) is 0 Å². The molecule has 22 heavy (non-hydrogen) atoms. The maximum Gasteiger partial charge on any atom is 0.241 e. The van der Waals surface area contributed by atoms with Crippen molar-refractivity contribution < 1.29 is 9.53 Å². The molecule has 1 aliphatic rings. The predicted molar refractivity (Wildman–Crippen MR) is 90.9 cm³/mol. The highest BCUT2D eigenvalue weighted by atomic mass is 35.5. The second-order valence-electron chi connectivity index (χ2n) is 5.62. The molecule has 0 saturated carbocycles. The normalized spacial score (nSPS) is 17.1. The van der Waals surface area contributed by atoms with Gasteiger partial charge >= 0.3 is 0 Å². The highest BCUT2D eigenvalue weighted by molar-refractivity contribution is 6.31. The van der Waals surface area contributed by atoms with Gasteiger partial charge < -0.3 is 15.0 Å². The number of nitrogens with one attached hydrogen (secondary N) is 1. The predicted octanol–water partition coefficient (Wildman–Crippen LogP) is 2.46. The first-order chi connectivity index (χ1) is 10.5. The van der Waals surface area contributed by atoms with Crippen LogP contribution in [-0.4, -0.2) is 57.2 Å². The smallest absolute Gasteiger partial charge is 0.241 e. The van der Waals surface area contributed by atoms with Crippen LogP contribution < -0.4 is 10.2 Å². The maximum atomic E-state index is 12.7. The highest BCUT2D eigenvalue weighted by Gasteiger charge is 2.26. The molecule has 1 atom stereocenters. The summed E-state index contributed by atoms with van der Waals surface area (Å²) in [5.41, 5.74) is 1.68. The lowest BCUT2D eigenvalue weighted by molar-refractivity contribution is -0.123. The standard InChI is InChI=1S/C16H24ClN3O2/c1-4-14(20-7-9-22-10-8-20)16(21)18-13-11-12(17)5-6-15(13)19(2)3/h5-6,11,14H,4,7-10H2,1-3H3,(H,18,21). The molecule has 0 bridgehead atoms. The number of anilines is 2. The van der Waals surface area contributed by atoms with Gasteiger partial charge in [-0.25, -0.2) is 0 Å². The monoisotopic (exact) mass is 325 g/mol. The average molecular weight is 326 g/mol. The quantitative estimate of drug-likeness (QED) is 0.903. The van der Waals surface area contributed by atoms with Crippen molar-refractivity contribution in [3.63, 3.8) is 0 Å². The van der Waals surface area contributed by atoms with Gasteiger partial charge in [-0.3, -0.25) is 9.69 Å². The summed E-state index contributed by atoms with van der Waals surface area (Å²) in [6, 6.07) is 5.39. The minimum atomic E-state index is -0.141. The minimum Gasteiger partial charge on any atom is -0.379 e. The van der Waals surface area contributed by atoms with Crippen LogP contribution in [0, 0.1) is 0 Å². The van der Waals surface area contributed by atoms with Crippen molar-refractivity contribution in [1.82, 2.24) is 4.90 Å². The molecule has 0 aliphatic carbocycles. The molecule has 1 amide bonds. The molecule has 1 saturated heterocycles. The number of nitrogens with zero attached hydrogens (tertiary/aromatic N) is 2. The van der Waals surface area contributed by atoms with Crippen molar-refractivity contribution >= 4 is 28.9 Å². The fourth-order valence-electron chi connectivity index (χ4n) is 2.71. The van der Waals surface area contributed by atoms with Gasteiger partial charge in [-0.2, -0.15) is 0 Å². The number of morpholine rings is 1. The van der Waals surface area contributed by atoms with E-state index >= 15 is 0 Å². The van der Waals surface area contributed by atoms with Gasteiger partial charge in [0.2, 0.25) is 5.91 Å². The Morgan fingerprint density at radius 3 is 2.68 bits per heavy atom. The molecule has 6 heteroatoms. The van der Waals surface area contributed by atoms with Gasteiger partial charge in [0.1, 0.15) is 0 Å². The van der Waals surface area contributed by atoms with E-state index in [-0.39, 0.29) is 11.9 Å². The van der Waals surface area contributed by atoms with Crippen LogP contribution in [0.3, 0.4) is 0 Å². The van der Waals surface area contributed by atoms with Crippen molar-refractivity contribution in [2.75, 3.05) is 50.6 Å². The van der Waals surface area contributed by atoms with Crippen LogP contribution in [0.1, 0.15) is 13.3 Å². The molecule has 0 radical (unpaired) electrons. The van der Waals surface area contributed by atoms with Crippen molar-refractivity contribution in [2.24, 2.45) is 0 Å². The van der Waals surface area contributed by atoms with E-state index in [9.17, 15) is 4.79 Å². The molecule has 2 rings (SSSR count). The molecule has 122 valence electrons. The summed E-state index contributed by atoms with van der Waals surface area (Å²) >= 11 is 6.07. The lowest BCUT2D eigenvalue weighted by Gasteiger charge is -2.33. The van der Waals surface area contributed by atoms with E-state index in [2.05, 4.69) is 10.2 Å². The third-order valence-corrected chi connectivity index (χ3v) is 4.11. The molecule has 1 N–H and O–H groups in total. The minimum absolute atomic E-state index is 0.00904. The SMILES string of the molecule is CCC(C(=O)Nc1cc(Cl)ccc1N(C)C)N1CCOCC1. The average Bonchev–Trinajstić information content (AvgIpc) is 2.48. The molecule has 1 aliphatic heterocycles. The number of rotatable bonds is 5. The van der Waals surface area contributed by atoms with E-state index in [4.69, 9.17) is 16.3 Å². The van der Waals surface area contributed by atoms with Crippen molar-refractivity contribution in [3.05, 3.63) is 23.2 Å². The summed E-state index contributed by atoms with van der Waals surface area (Å²) in [6.07, 6.45) is 0.768. The number of carbonyl (C=O) groups excluding carboxylic acids is 1. The van der Waals surface area contributed by atoms with E-state index in [0.717, 1.165) is 30.9 Å². The van der Waals surface area contributed by atoms with Gasteiger partial charge in [0, 0.05) is 32.2 Å². The lowest BCUT2D eigenvalue weighted by Crippen LogP contribution is -2.49. The van der Waals surface area contributed by atoms with Crippen LogP contribution in [0.15, 0.2) is 18.2 Å². The van der Waals surface area contributed by atoms with Crippen molar-refractivity contribution in [1.29, 1.82) is 0 Å². The summed E-state index contributed by atoms with van der Waals surface area (Å²) in [4.78, 5) is 16.8. The van der Waals surface area contributed by atoms with E-state index in [0.29, 0.717) is 18.2 Å².